The molecular formula is C20H21N3O. The molecule has 4 heteroatoms. The summed E-state index contributed by atoms with van der Waals surface area (Å²) in [7, 11) is 0. The molecule has 0 aliphatic heterocycles. The number of nitrogens with zero attached hydrogens (tertiary/aromatic N) is 2. The Hall–Kier alpha value is -2.88. The number of rotatable bonds is 6. The van der Waals surface area contributed by atoms with Crippen LogP contribution >= 0.6 is 0 Å². The van der Waals surface area contributed by atoms with Crippen LogP contribution in [0.1, 0.15) is 23.1 Å². The SMILES string of the molecule is Cc1cccc(Cn2cc(NC(=O)CCc3ccccc3)cn2)c1. The summed E-state index contributed by atoms with van der Waals surface area (Å²) in [5.74, 6) is 0.00830. The highest BCUT2D eigenvalue weighted by Gasteiger charge is 2.05. The molecule has 1 aromatic heterocycles. The Morgan fingerprint density at radius 2 is 1.88 bits per heavy atom. The zero-order valence-electron chi connectivity index (χ0n) is 13.8. The summed E-state index contributed by atoms with van der Waals surface area (Å²) >= 11 is 0. The Balaban J connectivity index is 1.53. The van der Waals surface area contributed by atoms with E-state index in [1.165, 1.54) is 16.7 Å². The molecule has 0 aliphatic carbocycles. The standard InChI is InChI=1S/C20H21N3O/c1-16-6-5-9-18(12-16)14-23-15-19(13-21-23)22-20(24)11-10-17-7-3-2-4-8-17/h2-9,12-13,15H,10-11,14H2,1H3,(H,22,24). The highest BCUT2D eigenvalue weighted by molar-refractivity contribution is 5.90. The molecule has 24 heavy (non-hydrogen) atoms. The van der Waals surface area contributed by atoms with E-state index in [9.17, 15) is 4.79 Å². The number of benzene rings is 2. The Morgan fingerprint density at radius 3 is 2.67 bits per heavy atom. The van der Waals surface area contributed by atoms with E-state index in [-0.39, 0.29) is 5.91 Å². The predicted molar refractivity (Wildman–Crippen MR) is 95.9 cm³/mol. The molecule has 0 unspecified atom stereocenters. The monoisotopic (exact) mass is 319 g/mol. The molecule has 3 aromatic rings. The second-order valence-electron chi connectivity index (χ2n) is 5.95. The second kappa shape index (κ2) is 7.59. The van der Waals surface area contributed by atoms with Crippen molar-refractivity contribution >= 4 is 11.6 Å². The van der Waals surface area contributed by atoms with Crippen LogP contribution in [-0.2, 0) is 17.8 Å². The number of anilines is 1. The molecule has 1 amide bonds. The minimum absolute atomic E-state index is 0.00830. The molecule has 1 heterocycles. The van der Waals surface area contributed by atoms with Crippen molar-refractivity contribution in [2.24, 2.45) is 0 Å². The van der Waals surface area contributed by atoms with E-state index >= 15 is 0 Å². The second-order valence-corrected chi connectivity index (χ2v) is 5.95. The molecule has 0 bridgehead atoms. The largest absolute Gasteiger partial charge is 0.323 e. The summed E-state index contributed by atoms with van der Waals surface area (Å²) in [6.07, 6.45) is 4.76. The topological polar surface area (TPSA) is 46.9 Å². The molecule has 0 saturated heterocycles. The van der Waals surface area contributed by atoms with Crippen molar-refractivity contribution < 1.29 is 4.79 Å². The van der Waals surface area contributed by atoms with Gasteiger partial charge >= 0.3 is 0 Å². The van der Waals surface area contributed by atoms with Crippen molar-refractivity contribution in [3.05, 3.63) is 83.7 Å². The molecule has 4 nitrogen and oxygen atoms in total. The van der Waals surface area contributed by atoms with Crippen LogP contribution in [0, 0.1) is 6.92 Å². The molecule has 0 saturated carbocycles. The van der Waals surface area contributed by atoms with Gasteiger partial charge < -0.3 is 5.32 Å². The van der Waals surface area contributed by atoms with Crippen LogP contribution in [0.5, 0.6) is 0 Å². The number of hydrogen-bond acceptors (Lipinski definition) is 2. The van der Waals surface area contributed by atoms with Gasteiger partial charge in [-0.15, -0.1) is 0 Å². The van der Waals surface area contributed by atoms with E-state index in [1.54, 1.807) is 6.20 Å². The predicted octanol–water partition coefficient (Wildman–Crippen LogP) is 3.81. The van der Waals surface area contributed by atoms with Gasteiger partial charge in [0.25, 0.3) is 0 Å². The van der Waals surface area contributed by atoms with Gasteiger partial charge in [-0.2, -0.15) is 5.10 Å². The van der Waals surface area contributed by atoms with Gasteiger partial charge in [-0.1, -0.05) is 60.2 Å². The maximum Gasteiger partial charge on any atom is 0.224 e. The van der Waals surface area contributed by atoms with Crippen molar-refractivity contribution in [1.82, 2.24) is 9.78 Å². The van der Waals surface area contributed by atoms with Gasteiger partial charge in [-0.05, 0) is 24.5 Å². The minimum Gasteiger partial charge on any atom is -0.323 e. The number of aryl methyl sites for hydroxylation is 2. The van der Waals surface area contributed by atoms with E-state index in [4.69, 9.17) is 0 Å². The molecule has 0 aliphatic rings. The molecule has 1 N–H and O–H groups in total. The molecule has 0 atom stereocenters. The van der Waals surface area contributed by atoms with Crippen LogP contribution in [0.15, 0.2) is 67.0 Å². The van der Waals surface area contributed by atoms with Crippen molar-refractivity contribution in [2.45, 2.75) is 26.3 Å². The third kappa shape index (κ3) is 4.56. The minimum atomic E-state index is 0.00830. The fraction of sp³-hybridized carbons (Fsp3) is 0.200. The van der Waals surface area contributed by atoms with Crippen LogP contribution in [0.2, 0.25) is 0 Å². The molecule has 3 rings (SSSR count). The average Bonchev–Trinajstić information content (AvgIpc) is 3.01. The van der Waals surface area contributed by atoms with Crippen molar-refractivity contribution in [3.63, 3.8) is 0 Å². The van der Waals surface area contributed by atoms with Crippen molar-refractivity contribution in [3.8, 4) is 0 Å². The molecular weight excluding hydrogens is 298 g/mol. The molecule has 0 spiro atoms. The molecule has 2 aromatic carbocycles. The Bertz CT molecular complexity index is 809. The maximum absolute atomic E-state index is 12.0. The Morgan fingerprint density at radius 1 is 1.08 bits per heavy atom. The number of amides is 1. The van der Waals surface area contributed by atoms with E-state index in [2.05, 4.69) is 35.5 Å². The van der Waals surface area contributed by atoms with Crippen LogP contribution in [-0.4, -0.2) is 15.7 Å². The highest BCUT2D eigenvalue weighted by Crippen LogP contribution is 2.10. The molecule has 122 valence electrons. The zero-order chi connectivity index (χ0) is 16.8. The molecule has 0 radical (unpaired) electrons. The fourth-order valence-electron chi connectivity index (χ4n) is 2.64. The summed E-state index contributed by atoms with van der Waals surface area (Å²) in [6.45, 7) is 2.77. The van der Waals surface area contributed by atoms with Gasteiger partial charge in [-0.3, -0.25) is 9.48 Å². The Labute approximate surface area is 142 Å². The third-order valence-corrected chi connectivity index (χ3v) is 3.83. The van der Waals surface area contributed by atoms with Crippen LogP contribution in [0.3, 0.4) is 0 Å². The summed E-state index contributed by atoms with van der Waals surface area (Å²) in [6, 6.07) is 18.4. The first-order valence-electron chi connectivity index (χ1n) is 8.11. The molecule has 0 fully saturated rings. The number of carbonyl (C=O) groups is 1. The van der Waals surface area contributed by atoms with E-state index in [0.29, 0.717) is 13.0 Å². The summed E-state index contributed by atoms with van der Waals surface area (Å²) in [4.78, 5) is 12.0. The van der Waals surface area contributed by atoms with Gasteiger partial charge in [-0.25, -0.2) is 0 Å². The first-order chi connectivity index (χ1) is 11.7. The van der Waals surface area contributed by atoms with Crippen molar-refractivity contribution in [2.75, 3.05) is 5.32 Å². The van der Waals surface area contributed by atoms with Crippen LogP contribution in [0.25, 0.3) is 0 Å². The van der Waals surface area contributed by atoms with Gasteiger partial charge in [0, 0.05) is 12.6 Å². The van der Waals surface area contributed by atoms with Gasteiger partial charge in [0.05, 0.1) is 18.4 Å². The number of nitrogens with one attached hydrogen (secondary N) is 1. The van der Waals surface area contributed by atoms with E-state index in [1.807, 2.05) is 47.3 Å². The first-order valence-corrected chi connectivity index (χ1v) is 8.11. The van der Waals surface area contributed by atoms with Gasteiger partial charge in [0.15, 0.2) is 0 Å². The quantitative estimate of drug-likeness (QED) is 0.751. The zero-order valence-corrected chi connectivity index (χ0v) is 13.8. The van der Waals surface area contributed by atoms with Crippen LogP contribution < -0.4 is 5.32 Å². The lowest BCUT2D eigenvalue weighted by molar-refractivity contribution is -0.116. The van der Waals surface area contributed by atoms with Gasteiger partial charge in [0.1, 0.15) is 0 Å². The lowest BCUT2D eigenvalue weighted by Crippen LogP contribution is -2.11. The van der Waals surface area contributed by atoms with E-state index in [0.717, 1.165) is 12.1 Å². The van der Waals surface area contributed by atoms with Crippen LogP contribution in [0.4, 0.5) is 5.69 Å². The summed E-state index contributed by atoms with van der Waals surface area (Å²) < 4.78 is 1.83. The van der Waals surface area contributed by atoms with Crippen molar-refractivity contribution in [1.29, 1.82) is 0 Å². The number of carbonyl (C=O) groups excluding carboxylic acids is 1. The smallest absolute Gasteiger partial charge is 0.224 e. The van der Waals surface area contributed by atoms with Gasteiger partial charge in [0.2, 0.25) is 5.91 Å². The lowest BCUT2D eigenvalue weighted by atomic mass is 10.1. The Kier molecular flexibility index (Phi) is 5.06. The fourth-order valence-corrected chi connectivity index (χ4v) is 2.64. The third-order valence-electron chi connectivity index (χ3n) is 3.83. The average molecular weight is 319 g/mol. The first kappa shape index (κ1) is 16.0. The maximum atomic E-state index is 12.0. The number of aromatic nitrogens is 2. The van der Waals surface area contributed by atoms with E-state index < -0.39 is 0 Å². The summed E-state index contributed by atoms with van der Waals surface area (Å²) in [5.41, 5.74) is 4.33. The highest BCUT2D eigenvalue weighted by atomic mass is 16.1. The number of hydrogen-bond donors (Lipinski definition) is 1. The summed E-state index contributed by atoms with van der Waals surface area (Å²) in [5, 5.41) is 7.22. The normalized spacial score (nSPS) is 10.5. The lowest BCUT2D eigenvalue weighted by Gasteiger charge is -2.04.